The highest BCUT2D eigenvalue weighted by Gasteiger charge is 2.07. The fraction of sp³-hybridized carbons (Fsp3) is 0.0833. The number of halogens is 1. The third-order valence-corrected chi connectivity index (χ3v) is 4.57. The van der Waals surface area contributed by atoms with Gasteiger partial charge >= 0.3 is 0 Å². The number of para-hydroxylation sites is 1. The summed E-state index contributed by atoms with van der Waals surface area (Å²) in [4.78, 5) is 0. The summed E-state index contributed by atoms with van der Waals surface area (Å²) in [6, 6.07) is 29.1. The zero-order chi connectivity index (χ0) is 18.5. The predicted octanol–water partition coefficient (Wildman–Crippen LogP) is 6.17. The summed E-state index contributed by atoms with van der Waals surface area (Å²) in [5.74, 6) is 0.511. The minimum atomic E-state index is -0.246. The fourth-order valence-electron chi connectivity index (χ4n) is 3.13. The van der Waals surface area contributed by atoms with E-state index >= 15 is 0 Å². The first-order valence-corrected chi connectivity index (χ1v) is 8.97. The van der Waals surface area contributed by atoms with Gasteiger partial charge in [0.15, 0.2) is 0 Å². The van der Waals surface area contributed by atoms with E-state index in [0.717, 1.165) is 17.0 Å². The van der Waals surface area contributed by atoms with Crippen molar-refractivity contribution >= 4 is 16.5 Å². The quantitative estimate of drug-likeness (QED) is 0.445. The molecule has 0 atom stereocenters. The van der Waals surface area contributed by atoms with Gasteiger partial charge in [0.1, 0.15) is 18.2 Å². The van der Waals surface area contributed by atoms with Crippen molar-refractivity contribution in [2.75, 3.05) is 5.32 Å². The molecule has 0 heterocycles. The Morgan fingerprint density at radius 2 is 1.41 bits per heavy atom. The summed E-state index contributed by atoms with van der Waals surface area (Å²) in [6.07, 6.45) is 0. The normalized spacial score (nSPS) is 10.7. The molecular formula is C24H20FNO. The monoisotopic (exact) mass is 357 g/mol. The van der Waals surface area contributed by atoms with E-state index in [2.05, 4.69) is 29.6 Å². The fourth-order valence-corrected chi connectivity index (χ4v) is 3.13. The molecule has 0 spiro atoms. The van der Waals surface area contributed by atoms with Crippen molar-refractivity contribution in [3.05, 3.63) is 108 Å². The number of nitrogens with one attached hydrogen (secondary N) is 1. The van der Waals surface area contributed by atoms with Crippen molar-refractivity contribution in [3.8, 4) is 5.75 Å². The zero-order valence-corrected chi connectivity index (χ0v) is 14.9. The second kappa shape index (κ2) is 7.92. The molecule has 0 fully saturated rings. The molecule has 4 aromatic rings. The molecule has 4 aromatic carbocycles. The Morgan fingerprint density at radius 3 is 2.30 bits per heavy atom. The molecule has 2 nitrogen and oxygen atoms in total. The maximum Gasteiger partial charge on any atom is 0.129 e. The Labute approximate surface area is 158 Å². The van der Waals surface area contributed by atoms with Crippen LogP contribution in [0.3, 0.4) is 0 Å². The van der Waals surface area contributed by atoms with Crippen molar-refractivity contribution in [1.82, 2.24) is 0 Å². The first-order valence-electron chi connectivity index (χ1n) is 8.97. The minimum Gasteiger partial charge on any atom is -0.488 e. The molecule has 0 saturated carbocycles. The van der Waals surface area contributed by atoms with Crippen LogP contribution in [-0.2, 0) is 13.2 Å². The molecule has 134 valence electrons. The summed E-state index contributed by atoms with van der Waals surface area (Å²) in [7, 11) is 0. The van der Waals surface area contributed by atoms with Crippen molar-refractivity contribution in [3.63, 3.8) is 0 Å². The van der Waals surface area contributed by atoms with Crippen LogP contribution in [0, 0.1) is 5.82 Å². The molecule has 0 bridgehead atoms. The second-order valence-corrected chi connectivity index (χ2v) is 6.37. The lowest BCUT2D eigenvalue weighted by Crippen LogP contribution is -2.04. The molecular weight excluding hydrogens is 337 g/mol. The van der Waals surface area contributed by atoms with Gasteiger partial charge in [0, 0.05) is 28.7 Å². The average Bonchev–Trinajstić information content (AvgIpc) is 2.72. The van der Waals surface area contributed by atoms with Gasteiger partial charge in [-0.2, -0.15) is 0 Å². The van der Waals surface area contributed by atoms with Crippen molar-refractivity contribution < 1.29 is 9.13 Å². The molecule has 27 heavy (non-hydrogen) atoms. The van der Waals surface area contributed by atoms with Crippen molar-refractivity contribution in [2.24, 2.45) is 0 Å². The molecule has 0 unspecified atom stereocenters. The molecule has 0 saturated heterocycles. The average molecular weight is 357 g/mol. The van der Waals surface area contributed by atoms with Gasteiger partial charge in [-0.1, -0.05) is 72.8 Å². The van der Waals surface area contributed by atoms with Crippen LogP contribution in [0.4, 0.5) is 10.1 Å². The highest BCUT2D eigenvalue weighted by atomic mass is 19.1. The Bertz CT molecular complexity index is 1060. The van der Waals surface area contributed by atoms with Crippen LogP contribution >= 0.6 is 0 Å². The van der Waals surface area contributed by atoms with E-state index in [-0.39, 0.29) is 12.4 Å². The van der Waals surface area contributed by atoms with Crippen LogP contribution in [0.25, 0.3) is 10.8 Å². The number of hydrogen-bond acceptors (Lipinski definition) is 2. The van der Waals surface area contributed by atoms with Crippen LogP contribution in [0.15, 0.2) is 91.0 Å². The molecule has 0 radical (unpaired) electrons. The van der Waals surface area contributed by atoms with Gasteiger partial charge in [-0.3, -0.25) is 0 Å². The van der Waals surface area contributed by atoms with Crippen LogP contribution in [0.2, 0.25) is 0 Å². The van der Waals surface area contributed by atoms with Gasteiger partial charge in [-0.05, 0) is 23.6 Å². The van der Waals surface area contributed by atoms with Crippen molar-refractivity contribution in [1.29, 1.82) is 0 Å². The van der Waals surface area contributed by atoms with Crippen LogP contribution in [-0.4, -0.2) is 0 Å². The van der Waals surface area contributed by atoms with Crippen LogP contribution < -0.4 is 10.1 Å². The zero-order valence-electron chi connectivity index (χ0n) is 14.9. The molecule has 0 aliphatic rings. The van der Waals surface area contributed by atoms with E-state index in [1.54, 1.807) is 12.1 Å². The molecule has 3 heteroatoms. The minimum absolute atomic E-state index is 0.206. The van der Waals surface area contributed by atoms with E-state index in [4.69, 9.17) is 4.74 Å². The topological polar surface area (TPSA) is 21.3 Å². The van der Waals surface area contributed by atoms with Gasteiger partial charge in [0.25, 0.3) is 0 Å². The Hall–Kier alpha value is -3.33. The van der Waals surface area contributed by atoms with E-state index in [0.29, 0.717) is 12.1 Å². The lowest BCUT2D eigenvalue weighted by molar-refractivity contribution is 0.297. The lowest BCUT2D eigenvalue weighted by atomic mass is 10.1. The van der Waals surface area contributed by atoms with Gasteiger partial charge in [0.2, 0.25) is 0 Å². The van der Waals surface area contributed by atoms with Gasteiger partial charge < -0.3 is 10.1 Å². The number of anilines is 1. The highest BCUT2D eigenvalue weighted by molar-refractivity contribution is 5.93. The molecule has 0 aliphatic heterocycles. The summed E-state index contributed by atoms with van der Waals surface area (Å²) in [5.41, 5.74) is 2.66. The lowest BCUT2D eigenvalue weighted by Gasteiger charge is -2.14. The van der Waals surface area contributed by atoms with E-state index in [9.17, 15) is 4.39 Å². The number of hydrogen-bond donors (Lipinski definition) is 1. The van der Waals surface area contributed by atoms with Crippen LogP contribution in [0.1, 0.15) is 11.1 Å². The smallest absolute Gasteiger partial charge is 0.129 e. The number of ether oxygens (including phenoxy) is 1. The Balaban J connectivity index is 1.50. The highest BCUT2D eigenvalue weighted by Crippen LogP contribution is 2.26. The summed E-state index contributed by atoms with van der Waals surface area (Å²) in [5, 5.41) is 5.89. The maximum absolute atomic E-state index is 13.8. The van der Waals surface area contributed by atoms with E-state index < -0.39 is 0 Å². The molecule has 1 N–H and O–H groups in total. The molecule has 4 rings (SSSR count). The SMILES string of the molecule is Fc1ccccc1COc1ccccc1CNc1cccc2ccccc12. The summed E-state index contributed by atoms with van der Waals surface area (Å²) in [6.45, 7) is 0.833. The Morgan fingerprint density at radius 1 is 0.704 bits per heavy atom. The summed E-state index contributed by atoms with van der Waals surface area (Å²) >= 11 is 0. The van der Waals surface area contributed by atoms with Crippen LogP contribution in [0.5, 0.6) is 5.75 Å². The van der Waals surface area contributed by atoms with Gasteiger partial charge in [0.05, 0.1) is 0 Å². The van der Waals surface area contributed by atoms with E-state index in [1.807, 2.05) is 48.5 Å². The van der Waals surface area contributed by atoms with Crippen molar-refractivity contribution in [2.45, 2.75) is 13.2 Å². The number of rotatable bonds is 6. The molecule has 0 aliphatic carbocycles. The third-order valence-electron chi connectivity index (χ3n) is 4.57. The number of benzene rings is 4. The predicted molar refractivity (Wildman–Crippen MR) is 108 cm³/mol. The maximum atomic E-state index is 13.8. The van der Waals surface area contributed by atoms with Gasteiger partial charge in [-0.15, -0.1) is 0 Å². The van der Waals surface area contributed by atoms with Gasteiger partial charge in [-0.25, -0.2) is 4.39 Å². The standard InChI is InChI=1S/C24H20FNO/c25-22-13-5-2-10-20(22)17-27-24-15-6-3-9-19(24)16-26-23-14-7-11-18-8-1-4-12-21(18)23/h1-15,26H,16-17H2. The first kappa shape index (κ1) is 17.1. The molecule has 0 aromatic heterocycles. The van der Waals surface area contributed by atoms with E-state index in [1.165, 1.54) is 16.8 Å². The second-order valence-electron chi connectivity index (χ2n) is 6.37. The molecule has 0 amide bonds. The number of fused-ring (bicyclic) bond motifs is 1. The Kier molecular flexibility index (Phi) is 5.01. The summed E-state index contributed by atoms with van der Waals surface area (Å²) < 4.78 is 19.7. The third kappa shape index (κ3) is 3.93. The largest absolute Gasteiger partial charge is 0.488 e. The first-order chi connectivity index (χ1) is 13.3.